The number of nitrogens with one attached hydrogen (secondary N) is 2. The number of rotatable bonds is 4. The number of anilines is 2. The lowest BCUT2D eigenvalue weighted by atomic mass is 10.2. The molecule has 0 spiro atoms. The van der Waals surface area contributed by atoms with Crippen LogP contribution in [0.3, 0.4) is 0 Å². The van der Waals surface area contributed by atoms with Crippen molar-refractivity contribution in [3.63, 3.8) is 0 Å². The zero-order valence-corrected chi connectivity index (χ0v) is 11.3. The smallest absolute Gasteiger partial charge is 0.272 e. The van der Waals surface area contributed by atoms with Gasteiger partial charge in [0.05, 0.1) is 0 Å². The van der Waals surface area contributed by atoms with E-state index in [2.05, 4.69) is 20.8 Å². The van der Waals surface area contributed by atoms with E-state index in [1.165, 1.54) is 5.56 Å². The molecule has 1 aromatic carbocycles. The van der Waals surface area contributed by atoms with Crippen molar-refractivity contribution >= 4 is 17.4 Å². The Labute approximate surface area is 117 Å². The second-order valence-electron chi connectivity index (χ2n) is 5.05. The summed E-state index contributed by atoms with van der Waals surface area (Å²) in [4.78, 5) is 11.8. The van der Waals surface area contributed by atoms with Gasteiger partial charge in [0.15, 0.2) is 11.5 Å². The summed E-state index contributed by atoms with van der Waals surface area (Å²) < 4.78 is 0. The fraction of sp³-hybridized carbons (Fsp3) is 0.267. The van der Waals surface area contributed by atoms with Gasteiger partial charge in [-0.2, -0.15) is 0 Å². The minimum Gasteiger partial charge on any atom is -0.348 e. The van der Waals surface area contributed by atoms with Crippen LogP contribution in [0.15, 0.2) is 36.4 Å². The maximum atomic E-state index is 11.8. The van der Waals surface area contributed by atoms with E-state index >= 15 is 0 Å². The third-order valence-electron chi connectivity index (χ3n) is 3.10. The highest BCUT2D eigenvalue weighted by Gasteiger charge is 2.24. The summed E-state index contributed by atoms with van der Waals surface area (Å²) in [5.41, 5.74) is 2.48. The number of benzene rings is 1. The standard InChI is InChI=1S/C15H16N4O/c1-10-3-2-4-12(9-10)16-14-8-7-13(18-19-14)15(20)17-11-5-6-11/h2-4,7-9,11H,5-6H2,1H3,(H,16,19)(H,17,20). The minimum atomic E-state index is -0.151. The third-order valence-corrected chi connectivity index (χ3v) is 3.10. The molecule has 5 nitrogen and oxygen atoms in total. The van der Waals surface area contributed by atoms with Gasteiger partial charge in [-0.3, -0.25) is 4.79 Å². The van der Waals surface area contributed by atoms with Gasteiger partial charge in [-0.1, -0.05) is 12.1 Å². The van der Waals surface area contributed by atoms with E-state index in [-0.39, 0.29) is 5.91 Å². The van der Waals surface area contributed by atoms with Gasteiger partial charge in [-0.05, 0) is 49.6 Å². The number of aryl methyl sites for hydroxylation is 1. The summed E-state index contributed by atoms with van der Waals surface area (Å²) in [6.45, 7) is 2.03. The maximum absolute atomic E-state index is 11.8. The highest BCUT2D eigenvalue weighted by atomic mass is 16.2. The van der Waals surface area contributed by atoms with E-state index in [1.807, 2.05) is 31.2 Å². The maximum Gasteiger partial charge on any atom is 0.272 e. The van der Waals surface area contributed by atoms with Crippen LogP contribution < -0.4 is 10.6 Å². The van der Waals surface area contributed by atoms with Crippen molar-refractivity contribution < 1.29 is 4.79 Å². The second-order valence-corrected chi connectivity index (χ2v) is 5.05. The summed E-state index contributed by atoms with van der Waals surface area (Å²) >= 11 is 0. The lowest BCUT2D eigenvalue weighted by Crippen LogP contribution is -2.26. The van der Waals surface area contributed by atoms with E-state index < -0.39 is 0 Å². The van der Waals surface area contributed by atoms with Gasteiger partial charge in [0.25, 0.3) is 5.91 Å². The van der Waals surface area contributed by atoms with Crippen molar-refractivity contribution in [3.8, 4) is 0 Å². The number of nitrogens with zero attached hydrogens (tertiary/aromatic N) is 2. The van der Waals surface area contributed by atoms with Crippen LogP contribution in [0.2, 0.25) is 0 Å². The SMILES string of the molecule is Cc1cccc(Nc2ccc(C(=O)NC3CC3)nn2)c1. The van der Waals surface area contributed by atoms with Gasteiger partial charge in [-0.25, -0.2) is 0 Å². The van der Waals surface area contributed by atoms with Crippen LogP contribution in [0.5, 0.6) is 0 Å². The summed E-state index contributed by atoms with van der Waals surface area (Å²) in [6.07, 6.45) is 2.12. The predicted octanol–water partition coefficient (Wildman–Crippen LogP) is 2.42. The first-order valence-corrected chi connectivity index (χ1v) is 6.69. The van der Waals surface area contributed by atoms with Crippen molar-refractivity contribution in [1.29, 1.82) is 0 Å². The number of aromatic nitrogens is 2. The Morgan fingerprint density at radius 1 is 1.20 bits per heavy atom. The molecule has 1 aromatic heterocycles. The fourth-order valence-electron chi connectivity index (χ4n) is 1.88. The average molecular weight is 268 g/mol. The lowest BCUT2D eigenvalue weighted by molar-refractivity contribution is 0.0945. The highest BCUT2D eigenvalue weighted by Crippen LogP contribution is 2.19. The molecule has 0 bridgehead atoms. The molecule has 1 aliphatic carbocycles. The summed E-state index contributed by atoms with van der Waals surface area (Å²) in [7, 11) is 0. The Kier molecular flexibility index (Phi) is 3.33. The molecule has 0 saturated heterocycles. The molecule has 2 aromatic rings. The second kappa shape index (κ2) is 5.28. The largest absolute Gasteiger partial charge is 0.348 e. The molecular formula is C15H16N4O. The molecule has 102 valence electrons. The first kappa shape index (κ1) is 12.6. The van der Waals surface area contributed by atoms with Crippen LogP contribution >= 0.6 is 0 Å². The Bertz CT molecular complexity index is 620. The molecule has 5 heteroatoms. The molecule has 3 rings (SSSR count). The molecule has 1 fully saturated rings. The van der Waals surface area contributed by atoms with E-state index in [0.29, 0.717) is 17.6 Å². The van der Waals surface area contributed by atoms with Gasteiger partial charge in [-0.15, -0.1) is 10.2 Å². The van der Waals surface area contributed by atoms with Gasteiger partial charge in [0, 0.05) is 11.7 Å². The Balaban J connectivity index is 1.67. The zero-order valence-electron chi connectivity index (χ0n) is 11.3. The van der Waals surface area contributed by atoms with Crippen molar-refractivity contribution in [3.05, 3.63) is 47.7 Å². The van der Waals surface area contributed by atoms with E-state index in [4.69, 9.17) is 0 Å². The summed E-state index contributed by atoms with van der Waals surface area (Å²) in [5, 5.41) is 14.0. The average Bonchev–Trinajstić information content (AvgIpc) is 3.23. The van der Waals surface area contributed by atoms with Gasteiger partial charge in [0.1, 0.15) is 0 Å². The molecule has 1 heterocycles. The number of hydrogen-bond donors (Lipinski definition) is 2. The number of carbonyl (C=O) groups excluding carboxylic acids is 1. The van der Waals surface area contributed by atoms with Gasteiger partial charge < -0.3 is 10.6 Å². The molecule has 1 aliphatic rings. The topological polar surface area (TPSA) is 66.9 Å². The van der Waals surface area contributed by atoms with E-state index in [9.17, 15) is 4.79 Å². The number of carbonyl (C=O) groups is 1. The fourth-order valence-corrected chi connectivity index (χ4v) is 1.88. The van der Waals surface area contributed by atoms with Gasteiger partial charge in [0.2, 0.25) is 0 Å². The molecular weight excluding hydrogens is 252 g/mol. The van der Waals surface area contributed by atoms with Crippen molar-refractivity contribution in [1.82, 2.24) is 15.5 Å². The molecule has 2 N–H and O–H groups in total. The number of amides is 1. The first-order chi connectivity index (χ1) is 9.70. The van der Waals surface area contributed by atoms with Crippen LogP contribution in [0, 0.1) is 6.92 Å². The molecule has 0 unspecified atom stereocenters. The van der Waals surface area contributed by atoms with Crippen LogP contribution in [0.1, 0.15) is 28.9 Å². The first-order valence-electron chi connectivity index (χ1n) is 6.69. The monoisotopic (exact) mass is 268 g/mol. The van der Waals surface area contributed by atoms with Crippen molar-refractivity contribution in [2.24, 2.45) is 0 Å². The summed E-state index contributed by atoms with van der Waals surface area (Å²) in [5.74, 6) is 0.473. The quantitative estimate of drug-likeness (QED) is 0.893. The molecule has 1 saturated carbocycles. The van der Waals surface area contributed by atoms with Crippen LogP contribution in [-0.4, -0.2) is 22.1 Å². The Hall–Kier alpha value is -2.43. The minimum absolute atomic E-state index is 0.151. The molecule has 20 heavy (non-hydrogen) atoms. The molecule has 0 radical (unpaired) electrons. The molecule has 1 amide bonds. The van der Waals surface area contributed by atoms with Gasteiger partial charge >= 0.3 is 0 Å². The molecule has 0 atom stereocenters. The van der Waals surface area contributed by atoms with Crippen molar-refractivity contribution in [2.75, 3.05) is 5.32 Å². The zero-order chi connectivity index (χ0) is 13.9. The number of hydrogen-bond acceptors (Lipinski definition) is 4. The Morgan fingerprint density at radius 3 is 2.70 bits per heavy atom. The third kappa shape index (κ3) is 3.12. The lowest BCUT2D eigenvalue weighted by Gasteiger charge is -2.06. The van der Waals surface area contributed by atoms with Crippen LogP contribution in [0.4, 0.5) is 11.5 Å². The van der Waals surface area contributed by atoms with E-state index in [0.717, 1.165) is 18.5 Å². The van der Waals surface area contributed by atoms with Crippen molar-refractivity contribution in [2.45, 2.75) is 25.8 Å². The summed E-state index contributed by atoms with van der Waals surface area (Å²) in [6, 6.07) is 11.8. The predicted molar refractivity (Wildman–Crippen MR) is 77.0 cm³/mol. The normalized spacial score (nSPS) is 13.8. The highest BCUT2D eigenvalue weighted by molar-refractivity contribution is 5.92. The van der Waals surface area contributed by atoms with E-state index in [1.54, 1.807) is 12.1 Å². The van der Waals surface area contributed by atoms with Crippen LogP contribution in [0.25, 0.3) is 0 Å². The molecule has 0 aliphatic heterocycles. The van der Waals surface area contributed by atoms with Crippen LogP contribution in [-0.2, 0) is 0 Å². The Morgan fingerprint density at radius 2 is 2.05 bits per heavy atom.